The monoisotopic (exact) mass is 411 g/mol. The van der Waals surface area contributed by atoms with Crippen LogP contribution in [-0.2, 0) is 16.2 Å². The number of aliphatic imine (C=N–C) groups is 1. The molecule has 0 atom stereocenters. The number of amides is 1. The van der Waals surface area contributed by atoms with Crippen LogP contribution < -0.4 is 10.0 Å². The van der Waals surface area contributed by atoms with Crippen molar-refractivity contribution in [1.82, 2.24) is 4.72 Å². The van der Waals surface area contributed by atoms with Crippen molar-refractivity contribution in [2.75, 3.05) is 11.9 Å². The van der Waals surface area contributed by atoms with Crippen LogP contribution in [-0.4, -0.2) is 26.7 Å². The lowest BCUT2D eigenvalue weighted by atomic mass is 10.1. The summed E-state index contributed by atoms with van der Waals surface area (Å²) >= 11 is 0. The van der Waals surface area contributed by atoms with E-state index in [4.69, 9.17) is 0 Å². The Labute approximate surface area is 159 Å². The van der Waals surface area contributed by atoms with Gasteiger partial charge in [-0.2, -0.15) is 13.2 Å². The van der Waals surface area contributed by atoms with Crippen molar-refractivity contribution in [3.05, 3.63) is 59.7 Å². The Morgan fingerprint density at radius 1 is 1.07 bits per heavy atom. The van der Waals surface area contributed by atoms with Crippen LogP contribution >= 0.6 is 0 Å². The summed E-state index contributed by atoms with van der Waals surface area (Å²) in [7, 11) is -3.78. The van der Waals surface area contributed by atoms with Crippen LogP contribution in [0.1, 0.15) is 28.8 Å². The molecule has 0 bridgehead atoms. The predicted molar refractivity (Wildman–Crippen MR) is 97.7 cm³/mol. The van der Waals surface area contributed by atoms with Crippen LogP contribution in [0.5, 0.6) is 0 Å². The van der Waals surface area contributed by atoms with Crippen LogP contribution in [0, 0.1) is 0 Å². The van der Waals surface area contributed by atoms with Gasteiger partial charge in [0.05, 0.1) is 10.5 Å². The first-order valence-electron chi connectivity index (χ1n) is 8.30. The summed E-state index contributed by atoms with van der Waals surface area (Å²) in [5, 5.41) is 2.44. The molecule has 3 rings (SSSR count). The molecule has 0 unspecified atom stereocenters. The van der Waals surface area contributed by atoms with Crippen LogP contribution in [0.15, 0.2) is 58.4 Å². The second kappa shape index (κ2) is 7.63. The van der Waals surface area contributed by atoms with Crippen molar-refractivity contribution in [3.8, 4) is 0 Å². The molecule has 148 valence electrons. The number of carbonyl (C=O) groups excluding carboxylic acids is 1. The van der Waals surface area contributed by atoms with Gasteiger partial charge < -0.3 is 5.32 Å². The molecule has 2 N–H and O–H groups in total. The minimum absolute atomic E-state index is 0.0147. The fourth-order valence-corrected chi connectivity index (χ4v) is 3.68. The third-order valence-electron chi connectivity index (χ3n) is 4.00. The second-order valence-electron chi connectivity index (χ2n) is 6.09. The smallest absolute Gasteiger partial charge is 0.322 e. The third kappa shape index (κ3) is 4.69. The number of sulfonamides is 1. The number of nitrogens with zero attached hydrogens (tertiary/aromatic N) is 1. The largest absolute Gasteiger partial charge is 0.416 e. The van der Waals surface area contributed by atoms with Crippen molar-refractivity contribution in [2.24, 2.45) is 4.99 Å². The van der Waals surface area contributed by atoms with Crippen LogP contribution in [0.25, 0.3) is 0 Å². The molecular weight excluding hydrogens is 395 g/mol. The van der Waals surface area contributed by atoms with E-state index in [-0.39, 0.29) is 16.1 Å². The minimum atomic E-state index is -4.55. The van der Waals surface area contributed by atoms with E-state index in [1.807, 2.05) is 0 Å². The summed E-state index contributed by atoms with van der Waals surface area (Å²) in [5.74, 6) is -0.331. The van der Waals surface area contributed by atoms with Gasteiger partial charge in [0.1, 0.15) is 5.84 Å². The second-order valence-corrected chi connectivity index (χ2v) is 7.78. The molecule has 0 aliphatic carbocycles. The molecule has 0 saturated carbocycles. The first-order valence-corrected chi connectivity index (χ1v) is 9.78. The third-order valence-corrected chi connectivity index (χ3v) is 5.40. The number of anilines is 1. The summed E-state index contributed by atoms with van der Waals surface area (Å²) in [4.78, 5) is 16.2. The summed E-state index contributed by atoms with van der Waals surface area (Å²) in [6, 6.07) is 9.32. The topological polar surface area (TPSA) is 87.6 Å². The molecular formula is C18H16F3N3O3S. The van der Waals surface area contributed by atoms with E-state index >= 15 is 0 Å². The van der Waals surface area contributed by atoms with Crippen molar-refractivity contribution in [2.45, 2.75) is 23.9 Å². The molecule has 2 aromatic carbocycles. The van der Waals surface area contributed by atoms with E-state index < -0.39 is 27.7 Å². The lowest BCUT2D eigenvalue weighted by molar-refractivity contribution is -0.137. The number of hydrogen-bond donors (Lipinski definition) is 2. The van der Waals surface area contributed by atoms with E-state index in [9.17, 15) is 26.4 Å². The Morgan fingerprint density at radius 3 is 2.39 bits per heavy atom. The number of carbonyl (C=O) groups is 1. The minimum Gasteiger partial charge on any atom is -0.322 e. The normalized spacial score (nSPS) is 14.5. The van der Waals surface area contributed by atoms with Crippen LogP contribution in [0.4, 0.5) is 18.9 Å². The Morgan fingerprint density at radius 2 is 1.79 bits per heavy atom. The maximum Gasteiger partial charge on any atom is 0.416 e. The lowest BCUT2D eigenvalue weighted by Crippen LogP contribution is -2.29. The molecule has 0 radical (unpaired) electrons. The molecule has 0 aromatic heterocycles. The van der Waals surface area contributed by atoms with E-state index in [0.717, 1.165) is 24.6 Å². The zero-order chi connectivity index (χ0) is 20.4. The van der Waals surface area contributed by atoms with Crippen LogP contribution in [0.2, 0.25) is 0 Å². The van der Waals surface area contributed by atoms with Crippen molar-refractivity contribution in [3.63, 3.8) is 0 Å². The highest BCUT2D eigenvalue weighted by Crippen LogP contribution is 2.29. The number of alkyl halides is 3. The standard InChI is InChI=1S/C18H16F3N3O3S/c19-18(20,21)13-4-1-3-12(11-13)17(25)23-14-6-8-15(9-7-14)28(26,27)24-16-5-2-10-22-16/h1,3-4,6-9,11H,2,5,10H2,(H,22,24)(H,23,25). The van der Waals surface area contributed by atoms with Gasteiger partial charge in [0, 0.05) is 24.2 Å². The van der Waals surface area contributed by atoms with Gasteiger partial charge in [0.2, 0.25) is 0 Å². The quantitative estimate of drug-likeness (QED) is 0.808. The lowest BCUT2D eigenvalue weighted by Gasteiger charge is -2.10. The Hall–Kier alpha value is -2.88. The van der Waals surface area contributed by atoms with Gasteiger partial charge in [-0.1, -0.05) is 6.07 Å². The van der Waals surface area contributed by atoms with Gasteiger partial charge >= 0.3 is 6.18 Å². The molecule has 0 saturated heterocycles. The highest BCUT2D eigenvalue weighted by molar-refractivity contribution is 7.90. The fraction of sp³-hybridized carbons (Fsp3) is 0.222. The number of rotatable bonds is 4. The number of hydrogen-bond acceptors (Lipinski definition) is 4. The molecule has 1 amide bonds. The maximum atomic E-state index is 12.8. The van der Waals surface area contributed by atoms with Gasteiger partial charge in [-0.05, 0) is 48.9 Å². The highest BCUT2D eigenvalue weighted by atomic mass is 32.2. The van der Waals surface area contributed by atoms with E-state index in [2.05, 4.69) is 15.0 Å². The first-order chi connectivity index (χ1) is 13.1. The summed E-state index contributed by atoms with van der Waals surface area (Å²) in [6.45, 7) is 0.582. The molecule has 10 heteroatoms. The van der Waals surface area contributed by atoms with Crippen molar-refractivity contribution >= 4 is 27.5 Å². The van der Waals surface area contributed by atoms with Crippen molar-refractivity contribution in [1.29, 1.82) is 0 Å². The zero-order valence-electron chi connectivity index (χ0n) is 14.5. The molecule has 6 nitrogen and oxygen atoms in total. The summed E-state index contributed by atoms with van der Waals surface area (Å²) in [6.07, 6.45) is -3.20. The van der Waals surface area contributed by atoms with Gasteiger partial charge in [0.25, 0.3) is 15.9 Å². The average Bonchev–Trinajstić information content (AvgIpc) is 3.14. The first kappa shape index (κ1) is 19.9. The summed E-state index contributed by atoms with van der Waals surface area (Å²) < 4.78 is 65.3. The number of amidine groups is 1. The molecule has 1 aliphatic rings. The zero-order valence-corrected chi connectivity index (χ0v) is 15.3. The molecule has 2 aromatic rings. The average molecular weight is 411 g/mol. The van der Waals surface area contributed by atoms with Gasteiger partial charge in [-0.25, -0.2) is 8.42 Å². The van der Waals surface area contributed by atoms with Gasteiger partial charge in [-0.15, -0.1) is 0 Å². The number of benzene rings is 2. The number of nitrogens with one attached hydrogen (secondary N) is 2. The Kier molecular flexibility index (Phi) is 5.41. The van der Waals surface area contributed by atoms with Gasteiger partial charge in [0.15, 0.2) is 0 Å². The van der Waals surface area contributed by atoms with E-state index in [1.165, 1.54) is 30.3 Å². The highest BCUT2D eigenvalue weighted by Gasteiger charge is 2.30. The predicted octanol–water partition coefficient (Wildman–Crippen LogP) is 3.43. The molecule has 1 aliphatic heterocycles. The fourth-order valence-electron chi connectivity index (χ4n) is 2.59. The van der Waals surface area contributed by atoms with Gasteiger partial charge in [-0.3, -0.25) is 14.5 Å². The SMILES string of the molecule is O=C(Nc1ccc(S(=O)(=O)NC2=NCCC2)cc1)c1cccc(C(F)(F)F)c1. The van der Waals surface area contributed by atoms with E-state index in [0.29, 0.717) is 18.8 Å². The molecule has 0 spiro atoms. The molecule has 0 fully saturated rings. The molecule has 1 heterocycles. The van der Waals surface area contributed by atoms with Crippen LogP contribution in [0.3, 0.4) is 0 Å². The molecule has 28 heavy (non-hydrogen) atoms. The number of halogens is 3. The summed E-state index contributed by atoms with van der Waals surface area (Å²) in [5.41, 5.74) is -0.838. The van der Waals surface area contributed by atoms with E-state index in [1.54, 1.807) is 0 Å². The van der Waals surface area contributed by atoms with Crippen molar-refractivity contribution < 1.29 is 26.4 Å². The Bertz CT molecular complexity index is 1020. The maximum absolute atomic E-state index is 12.8. The Balaban J connectivity index is 1.71.